The summed E-state index contributed by atoms with van der Waals surface area (Å²) in [5.74, 6) is 0.715. The SMILES string of the molecule is c1ccc(-c2cc(-c3ccc(-c4ccc(-c5ccc6c(c5)oc5c7ccccc7c(-c7ccccc7)cc65)cc4)cc3)nc(-c3ccccc3)n2)cc1. The van der Waals surface area contributed by atoms with Crippen LogP contribution in [0.3, 0.4) is 0 Å². The van der Waals surface area contributed by atoms with Gasteiger partial charge in [-0.15, -0.1) is 0 Å². The van der Waals surface area contributed by atoms with Crippen LogP contribution in [0.15, 0.2) is 199 Å². The Morgan fingerprint density at radius 1 is 0.302 bits per heavy atom. The van der Waals surface area contributed by atoms with Gasteiger partial charge in [-0.2, -0.15) is 0 Å². The molecule has 0 spiro atoms. The van der Waals surface area contributed by atoms with Crippen molar-refractivity contribution in [1.29, 1.82) is 0 Å². The van der Waals surface area contributed by atoms with E-state index in [-0.39, 0.29) is 0 Å². The van der Waals surface area contributed by atoms with Crippen molar-refractivity contribution in [2.24, 2.45) is 0 Å². The molecule has 8 aromatic carbocycles. The number of furan rings is 1. The lowest BCUT2D eigenvalue weighted by atomic mass is 9.95. The summed E-state index contributed by atoms with van der Waals surface area (Å²) >= 11 is 0. The number of hydrogen-bond acceptors (Lipinski definition) is 3. The van der Waals surface area contributed by atoms with Crippen LogP contribution in [-0.4, -0.2) is 9.97 Å². The van der Waals surface area contributed by atoms with E-state index in [4.69, 9.17) is 14.4 Å². The highest BCUT2D eigenvalue weighted by Gasteiger charge is 2.16. The van der Waals surface area contributed by atoms with Crippen LogP contribution in [0.4, 0.5) is 0 Å². The van der Waals surface area contributed by atoms with Crippen LogP contribution in [0.5, 0.6) is 0 Å². The number of rotatable bonds is 6. The van der Waals surface area contributed by atoms with Gasteiger partial charge in [0, 0.05) is 32.8 Å². The summed E-state index contributed by atoms with van der Waals surface area (Å²) in [6.45, 7) is 0. The summed E-state index contributed by atoms with van der Waals surface area (Å²) in [6, 6.07) is 67.9. The molecule has 0 saturated heterocycles. The highest BCUT2D eigenvalue weighted by molar-refractivity contribution is 6.19. The van der Waals surface area contributed by atoms with Crippen molar-refractivity contribution < 1.29 is 4.42 Å². The van der Waals surface area contributed by atoms with Crippen molar-refractivity contribution in [3.63, 3.8) is 0 Å². The molecule has 10 rings (SSSR count). The maximum atomic E-state index is 6.62. The number of fused-ring (bicyclic) bond motifs is 5. The first kappa shape index (κ1) is 30.7. The Bertz CT molecular complexity index is 2840. The predicted octanol–water partition coefficient (Wildman–Crippen LogP) is 13.5. The van der Waals surface area contributed by atoms with Crippen LogP contribution in [0.1, 0.15) is 0 Å². The van der Waals surface area contributed by atoms with Crippen LogP contribution >= 0.6 is 0 Å². The normalized spacial score (nSPS) is 11.4. The zero-order valence-electron chi connectivity index (χ0n) is 28.8. The average Bonchev–Trinajstić information content (AvgIpc) is 3.62. The zero-order valence-corrected chi connectivity index (χ0v) is 28.8. The minimum absolute atomic E-state index is 0.715. The molecule has 0 aliphatic heterocycles. The molecule has 0 aliphatic rings. The summed E-state index contributed by atoms with van der Waals surface area (Å²) in [4.78, 5) is 9.93. The third-order valence-electron chi connectivity index (χ3n) is 10.1. The lowest BCUT2D eigenvalue weighted by Gasteiger charge is -2.10. The van der Waals surface area contributed by atoms with Gasteiger partial charge in [-0.1, -0.05) is 170 Å². The summed E-state index contributed by atoms with van der Waals surface area (Å²) in [5, 5.41) is 4.58. The first-order chi connectivity index (χ1) is 26.2. The number of aromatic nitrogens is 2. The Balaban J connectivity index is 0.963. The van der Waals surface area contributed by atoms with Gasteiger partial charge in [0.1, 0.15) is 11.2 Å². The van der Waals surface area contributed by atoms with E-state index in [0.29, 0.717) is 5.82 Å². The van der Waals surface area contributed by atoms with Gasteiger partial charge in [-0.3, -0.25) is 0 Å². The Morgan fingerprint density at radius 2 is 0.774 bits per heavy atom. The Kier molecular flexibility index (Phi) is 7.47. The van der Waals surface area contributed by atoms with Crippen LogP contribution in [0.25, 0.3) is 100.0 Å². The van der Waals surface area contributed by atoms with E-state index in [1.807, 2.05) is 36.4 Å². The second kappa shape index (κ2) is 12.9. The van der Waals surface area contributed by atoms with E-state index in [1.54, 1.807) is 0 Å². The molecule has 0 bridgehead atoms. The fraction of sp³-hybridized carbons (Fsp3) is 0. The minimum Gasteiger partial charge on any atom is -0.455 e. The molecule has 0 fully saturated rings. The van der Waals surface area contributed by atoms with Crippen molar-refractivity contribution in [3.8, 4) is 67.3 Å². The van der Waals surface area contributed by atoms with Crippen LogP contribution in [0.2, 0.25) is 0 Å². The van der Waals surface area contributed by atoms with Crippen molar-refractivity contribution in [3.05, 3.63) is 194 Å². The van der Waals surface area contributed by atoms with Gasteiger partial charge in [0.15, 0.2) is 5.82 Å². The standard InChI is InChI=1S/C50H32N2O/c1-4-12-36(13-5-1)44-31-45-42-29-28-40(30-48(42)53-49(45)43-19-11-10-18-41(43)44)35-22-20-33(21-23-35)34-24-26-38(27-25-34)47-32-46(37-14-6-2-7-15-37)51-50(52-47)39-16-8-3-9-17-39/h1-32H. The van der Waals surface area contributed by atoms with E-state index in [9.17, 15) is 0 Å². The molecule has 2 heterocycles. The van der Waals surface area contributed by atoms with E-state index >= 15 is 0 Å². The molecule has 3 nitrogen and oxygen atoms in total. The second-order valence-corrected chi connectivity index (χ2v) is 13.4. The van der Waals surface area contributed by atoms with Crippen molar-refractivity contribution in [1.82, 2.24) is 9.97 Å². The molecule has 0 aliphatic carbocycles. The maximum absolute atomic E-state index is 6.62. The van der Waals surface area contributed by atoms with E-state index in [0.717, 1.165) is 77.7 Å². The first-order valence-corrected chi connectivity index (χ1v) is 17.9. The summed E-state index contributed by atoms with van der Waals surface area (Å²) in [5.41, 5.74) is 13.7. The lowest BCUT2D eigenvalue weighted by molar-refractivity contribution is 0.673. The zero-order chi connectivity index (χ0) is 35.1. The molecular formula is C50H32N2O. The molecule has 248 valence electrons. The topological polar surface area (TPSA) is 38.9 Å². The van der Waals surface area contributed by atoms with Crippen molar-refractivity contribution in [2.75, 3.05) is 0 Å². The van der Waals surface area contributed by atoms with E-state index in [1.165, 1.54) is 16.5 Å². The number of benzene rings is 8. The Hall–Kier alpha value is -7.10. The minimum atomic E-state index is 0.715. The number of hydrogen-bond donors (Lipinski definition) is 0. The van der Waals surface area contributed by atoms with Gasteiger partial charge in [0.25, 0.3) is 0 Å². The molecule has 0 saturated carbocycles. The summed E-state index contributed by atoms with van der Waals surface area (Å²) < 4.78 is 6.62. The highest BCUT2D eigenvalue weighted by Crippen LogP contribution is 2.41. The fourth-order valence-corrected chi connectivity index (χ4v) is 7.39. The molecule has 3 heteroatoms. The third-order valence-corrected chi connectivity index (χ3v) is 10.1. The third kappa shape index (κ3) is 5.65. The van der Waals surface area contributed by atoms with Crippen LogP contribution in [0, 0.1) is 0 Å². The molecule has 2 aromatic heterocycles. The lowest BCUT2D eigenvalue weighted by Crippen LogP contribution is -1.95. The van der Waals surface area contributed by atoms with Crippen molar-refractivity contribution in [2.45, 2.75) is 0 Å². The Labute approximate surface area is 307 Å². The second-order valence-electron chi connectivity index (χ2n) is 13.4. The van der Waals surface area contributed by atoms with E-state index in [2.05, 4.69) is 158 Å². The maximum Gasteiger partial charge on any atom is 0.160 e. The van der Waals surface area contributed by atoms with Crippen LogP contribution in [-0.2, 0) is 0 Å². The molecule has 0 N–H and O–H groups in total. The van der Waals surface area contributed by atoms with Gasteiger partial charge in [0.2, 0.25) is 0 Å². The predicted molar refractivity (Wildman–Crippen MR) is 219 cm³/mol. The van der Waals surface area contributed by atoms with Gasteiger partial charge in [0.05, 0.1) is 11.4 Å². The summed E-state index contributed by atoms with van der Waals surface area (Å²) in [6.07, 6.45) is 0. The highest BCUT2D eigenvalue weighted by atomic mass is 16.3. The monoisotopic (exact) mass is 676 g/mol. The van der Waals surface area contributed by atoms with Gasteiger partial charge < -0.3 is 4.42 Å². The van der Waals surface area contributed by atoms with Crippen LogP contribution < -0.4 is 0 Å². The molecule has 0 unspecified atom stereocenters. The smallest absolute Gasteiger partial charge is 0.160 e. The molecule has 53 heavy (non-hydrogen) atoms. The molecular weight excluding hydrogens is 645 g/mol. The molecule has 0 amide bonds. The fourth-order valence-electron chi connectivity index (χ4n) is 7.39. The summed E-state index contributed by atoms with van der Waals surface area (Å²) in [7, 11) is 0. The average molecular weight is 677 g/mol. The molecule has 0 radical (unpaired) electrons. The van der Waals surface area contributed by atoms with Gasteiger partial charge in [-0.25, -0.2) is 9.97 Å². The molecule has 10 aromatic rings. The molecule has 0 atom stereocenters. The largest absolute Gasteiger partial charge is 0.455 e. The van der Waals surface area contributed by atoms with Gasteiger partial charge >= 0.3 is 0 Å². The quantitative estimate of drug-likeness (QED) is 0.176. The Morgan fingerprint density at radius 3 is 1.40 bits per heavy atom. The first-order valence-electron chi connectivity index (χ1n) is 17.9. The number of nitrogens with zero attached hydrogens (tertiary/aromatic N) is 2. The van der Waals surface area contributed by atoms with Crippen molar-refractivity contribution >= 4 is 32.7 Å². The van der Waals surface area contributed by atoms with Gasteiger partial charge in [-0.05, 0) is 63.0 Å². The van der Waals surface area contributed by atoms with E-state index < -0.39 is 0 Å².